The number of furan rings is 1. The largest absolute Gasteiger partial charge is 0.503 e. The fourth-order valence-electron chi connectivity index (χ4n) is 4.05. The Balaban J connectivity index is 1.87. The molecule has 0 bridgehead atoms. The van der Waals surface area contributed by atoms with Gasteiger partial charge in [0, 0.05) is 28.6 Å². The molecule has 166 valence electrons. The third-order valence-electron chi connectivity index (χ3n) is 5.44. The van der Waals surface area contributed by atoms with Gasteiger partial charge in [0.05, 0.1) is 25.8 Å². The molecule has 0 saturated carbocycles. The maximum absolute atomic E-state index is 13.6. The predicted octanol–water partition coefficient (Wildman–Crippen LogP) is 5.09. The van der Waals surface area contributed by atoms with Crippen LogP contribution in [0.3, 0.4) is 0 Å². The van der Waals surface area contributed by atoms with Gasteiger partial charge in [-0.2, -0.15) is 0 Å². The Morgan fingerprint density at radius 2 is 1.88 bits per heavy atom. The molecule has 0 aliphatic carbocycles. The summed E-state index contributed by atoms with van der Waals surface area (Å²) in [4.78, 5) is 28.0. The van der Waals surface area contributed by atoms with Gasteiger partial charge < -0.3 is 23.9 Å². The SMILES string of the molecule is CCCN1C(=O)C(O)=C(C(=O)c2cc3cc(Cl)cc(OC)c3o2)C1c1ccccc1OC. The van der Waals surface area contributed by atoms with Crippen LogP contribution in [-0.4, -0.2) is 42.5 Å². The van der Waals surface area contributed by atoms with Crippen LogP contribution < -0.4 is 9.47 Å². The number of aliphatic hydroxyl groups is 1. The van der Waals surface area contributed by atoms with Crippen molar-refractivity contribution in [1.29, 1.82) is 0 Å². The number of amides is 1. The molecule has 0 fully saturated rings. The van der Waals surface area contributed by atoms with Crippen LogP contribution in [-0.2, 0) is 4.79 Å². The molecule has 8 heteroatoms. The summed E-state index contributed by atoms with van der Waals surface area (Å²) >= 11 is 6.13. The van der Waals surface area contributed by atoms with E-state index in [4.69, 9.17) is 25.5 Å². The summed E-state index contributed by atoms with van der Waals surface area (Å²) in [6, 6.07) is 11.0. The second kappa shape index (κ2) is 8.59. The van der Waals surface area contributed by atoms with Crippen molar-refractivity contribution in [2.45, 2.75) is 19.4 Å². The zero-order chi connectivity index (χ0) is 23.0. The highest BCUT2D eigenvalue weighted by atomic mass is 35.5. The minimum absolute atomic E-state index is 0.0341. The van der Waals surface area contributed by atoms with E-state index in [0.717, 1.165) is 0 Å². The minimum Gasteiger partial charge on any atom is -0.503 e. The number of Topliss-reactive ketones (excluding diaryl/α,β-unsaturated/α-hetero) is 1. The first kappa shape index (κ1) is 21.8. The molecule has 1 aliphatic rings. The number of nitrogens with zero attached hydrogens (tertiary/aromatic N) is 1. The van der Waals surface area contributed by atoms with E-state index in [0.29, 0.717) is 46.0 Å². The van der Waals surface area contributed by atoms with Gasteiger partial charge in [0.25, 0.3) is 5.91 Å². The van der Waals surface area contributed by atoms with Gasteiger partial charge in [-0.1, -0.05) is 36.7 Å². The van der Waals surface area contributed by atoms with Gasteiger partial charge in [0.2, 0.25) is 5.78 Å². The van der Waals surface area contributed by atoms with E-state index in [2.05, 4.69) is 0 Å². The predicted molar refractivity (Wildman–Crippen MR) is 120 cm³/mol. The molecule has 2 heterocycles. The molecular formula is C24H22ClNO6. The Labute approximate surface area is 189 Å². The summed E-state index contributed by atoms with van der Waals surface area (Å²) in [5.41, 5.74) is 0.891. The monoisotopic (exact) mass is 455 g/mol. The number of benzene rings is 2. The molecule has 4 rings (SSSR count). The van der Waals surface area contributed by atoms with Crippen LogP contribution in [0.25, 0.3) is 11.0 Å². The molecule has 0 saturated heterocycles. The Morgan fingerprint density at radius 1 is 1.16 bits per heavy atom. The number of carbonyl (C=O) groups is 2. The lowest BCUT2D eigenvalue weighted by Crippen LogP contribution is -2.32. The highest BCUT2D eigenvalue weighted by molar-refractivity contribution is 6.31. The lowest BCUT2D eigenvalue weighted by Gasteiger charge is -2.27. The molecule has 3 aromatic rings. The fraction of sp³-hybridized carbons (Fsp3) is 0.250. The van der Waals surface area contributed by atoms with Crippen molar-refractivity contribution in [3.05, 3.63) is 70.1 Å². The number of halogens is 1. The number of carbonyl (C=O) groups excluding carboxylic acids is 2. The number of methoxy groups -OCH3 is 2. The van der Waals surface area contributed by atoms with Gasteiger partial charge in [-0.05, 0) is 24.6 Å². The topological polar surface area (TPSA) is 89.2 Å². The molecule has 1 atom stereocenters. The maximum Gasteiger partial charge on any atom is 0.290 e. The number of ketones is 1. The summed E-state index contributed by atoms with van der Waals surface area (Å²) < 4.78 is 16.6. The Kier molecular flexibility index (Phi) is 5.84. The summed E-state index contributed by atoms with van der Waals surface area (Å²) in [7, 11) is 2.99. The fourth-order valence-corrected chi connectivity index (χ4v) is 4.27. The minimum atomic E-state index is -0.815. The third kappa shape index (κ3) is 3.48. The average molecular weight is 456 g/mol. The molecular weight excluding hydrogens is 434 g/mol. The Bertz CT molecular complexity index is 1240. The van der Waals surface area contributed by atoms with E-state index in [-0.39, 0.29) is 11.3 Å². The van der Waals surface area contributed by atoms with Gasteiger partial charge >= 0.3 is 0 Å². The van der Waals surface area contributed by atoms with Crippen LogP contribution in [0.1, 0.15) is 35.5 Å². The molecule has 1 aliphatic heterocycles. The number of hydrogen-bond donors (Lipinski definition) is 1. The molecule has 1 aromatic heterocycles. The van der Waals surface area contributed by atoms with Crippen molar-refractivity contribution >= 4 is 34.3 Å². The highest BCUT2D eigenvalue weighted by Gasteiger charge is 2.45. The Morgan fingerprint density at radius 3 is 2.56 bits per heavy atom. The van der Waals surface area contributed by atoms with E-state index < -0.39 is 23.5 Å². The lowest BCUT2D eigenvalue weighted by atomic mass is 9.94. The Hall–Kier alpha value is -3.45. The molecule has 1 N–H and O–H groups in total. The second-order valence-electron chi connectivity index (χ2n) is 7.37. The van der Waals surface area contributed by atoms with Crippen LogP contribution in [0.15, 0.2) is 58.2 Å². The number of ether oxygens (including phenoxy) is 2. The first-order valence-electron chi connectivity index (χ1n) is 10.1. The van der Waals surface area contributed by atoms with Crippen molar-refractivity contribution in [2.75, 3.05) is 20.8 Å². The third-order valence-corrected chi connectivity index (χ3v) is 5.66. The van der Waals surface area contributed by atoms with E-state index in [9.17, 15) is 14.7 Å². The summed E-state index contributed by atoms with van der Waals surface area (Å²) in [5, 5.41) is 11.7. The molecule has 7 nitrogen and oxygen atoms in total. The van der Waals surface area contributed by atoms with Gasteiger partial charge in [0.1, 0.15) is 5.75 Å². The first-order chi connectivity index (χ1) is 15.4. The van der Waals surface area contributed by atoms with Gasteiger partial charge in [-0.15, -0.1) is 0 Å². The van der Waals surface area contributed by atoms with Crippen molar-refractivity contribution in [3.8, 4) is 11.5 Å². The zero-order valence-electron chi connectivity index (χ0n) is 17.8. The quantitative estimate of drug-likeness (QED) is 0.499. The van der Waals surface area contributed by atoms with E-state index >= 15 is 0 Å². The smallest absolute Gasteiger partial charge is 0.290 e. The van der Waals surface area contributed by atoms with Crippen molar-refractivity contribution in [3.63, 3.8) is 0 Å². The summed E-state index contributed by atoms with van der Waals surface area (Å²) in [6.45, 7) is 2.27. The number of fused-ring (bicyclic) bond motifs is 1. The van der Waals surface area contributed by atoms with Crippen LogP contribution in [0, 0.1) is 0 Å². The van der Waals surface area contributed by atoms with E-state index in [1.807, 2.05) is 6.92 Å². The zero-order valence-corrected chi connectivity index (χ0v) is 18.6. The standard InChI is InChI=1S/C24H22ClNO6/c1-4-9-26-20(15-7-5-6-8-16(15)30-2)19(22(28)24(26)29)21(27)17-11-13-10-14(25)12-18(31-3)23(13)32-17/h5-8,10-12,20,28H,4,9H2,1-3H3. The van der Waals surface area contributed by atoms with Crippen LogP contribution in [0.2, 0.25) is 5.02 Å². The molecule has 32 heavy (non-hydrogen) atoms. The van der Waals surface area contributed by atoms with Gasteiger partial charge in [-0.3, -0.25) is 9.59 Å². The lowest BCUT2D eigenvalue weighted by molar-refractivity contribution is -0.129. The molecule has 1 amide bonds. The maximum atomic E-state index is 13.6. The number of para-hydroxylation sites is 1. The van der Waals surface area contributed by atoms with Crippen molar-refractivity contribution in [1.82, 2.24) is 4.90 Å². The first-order valence-corrected chi connectivity index (χ1v) is 10.5. The van der Waals surface area contributed by atoms with Crippen molar-refractivity contribution in [2.24, 2.45) is 0 Å². The van der Waals surface area contributed by atoms with Crippen LogP contribution in [0.4, 0.5) is 0 Å². The molecule has 0 spiro atoms. The second-order valence-corrected chi connectivity index (χ2v) is 7.81. The molecule has 0 radical (unpaired) electrons. The average Bonchev–Trinajstić information content (AvgIpc) is 3.33. The summed E-state index contributed by atoms with van der Waals surface area (Å²) in [6.07, 6.45) is 0.645. The number of aliphatic hydroxyl groups excluding tert-OH is 1. The van der Waals surface area contributed by atoms with Crippen LogP contribution >= 0.6 is 11.6 Å². The van der Waals surface area contributed by atoms with Gasteiger partial charge in [0.15, 0.2) is 22.9 Å². The van der Waals surface area contributed by atoms with E-state index in [1.54, 1.807) is 36.4 Å². The van der Waals surface area contributed by atoms with E-state index in [1.165, 1.54) is 25.2 Å². The molecule has 1 unspecified atom stereocenters. The van der Waals surface area contributed by atoms with Crippen molar-refractivity contribution < 1.29 is 28.6 Å². The molecule has 2 aromatic carbocycles. The summed E-state index contributed by atoms with van der Waals surface area (Å²) in [5.74, 6) is -0.953. The number of rotatable bonds is 7. The normalized spacial score (nSPS) is 16.2. The van der Waals surface area contributed by atoms with Gasteiger partial charge in [-0.25, -0.2) is 0 Å². The number of hydrogen-bond acceptors (Lipinski definition) is 6. The van der Waals surface area contributed by atoms with Crippen LogP contribution in [0.5, 0.6) is 11.5 Å². The highest BCUT2D eigenvalue weighted by Crippen LogP contribution is 2.43.